The highest BCUT2D eigenvalue weighted by Crippen LogP contribution is 2.35. The number of urea groups is 1. The zero-order chi connectivity index (χ0) is 24.1. The van der Waals surface area contributed by atoms with Crippen molar-refractivity contribution in [2.75, 3.05) is 44.9 Å². The van der Waals surface area contributed by atoms with E-state index in [9.17, 15) is 9.59 Å². The molecule has 2 aliphatic rings. The summed E-state index contributed by atoms with van der Waals surface area (Å²) >= 11 is 0. The van der Waals surface area contributed by atoms with Crippen molar-refractivity contribution < 1.29 is 23.8 Å². The zero-order valence-electron chi connectivity index (χ0n) is 19.1. The molecule has 2 aromatic carbocycles. The molecule has 4 rings (SSSR count). The predicted molar refractivity (Wildman–Crippen MR) is 124 cm³/mol. The van der Waals surface area contributed by atoms with Crippen LogP contribution in [0.2, 0.25) is 0 Å². The quantitative estimate of drug-likeness (QED) is 0.708. The summed E-state index contributed by atoms with van der Waals surface area (Å²) in [4.78, 5) is 30.2. The molecule has 3 amide bonds. The number of rotatable bonds is 6. The number of hydrogen-bond acceptors (Lipinski definition) is 6. The van der Waals surface area contributed by atoms with Gasteiger partial charge in [-0.05, 0) is 48.9 Å². The Hall–Kier alpha value is -4.03. The normalized spacial score (nSPS) is 18.3. The van der Waals surface area contributed by atoms with Gasteiger partial charge in [0.05, 0.1) is 37.6 Å². The molecule has 0 spiro atoms. The van der Waals surface area contributed by atoms with Crippen molar-refractivity contribution >= 4 is 17.6 Å². The molecule has 9 heteroatoms. The molecule has 34 heavy (non-hydrogen) atoms. The van der Waals surface area contributed by atoms with E-state index >= 15 is 0 Å². The molecule has 0 bridgehead atoms. The number of carbonyl (C=O) groups is 2. The number of nitrogens with one attached hydrogen (secondary N) is 1. The Morgan fingerprint density at radius 2 is 1.76 bits per heavy atom. The monoisotopic (exact) mass is 462 g/mol. The highest BCUT2D eigenvalue weighted by atomic mass is 16.5. The number of hydrogen-bond donors (Lipinski definition) is 1. The van der Waals surface area contributed by atoms with Gasteiger partial charge < -0.3 is 24.4 Å². The summed E-state index contributed by atoms with van der Waals surface area (Å²) in [5.41, 5.74) is 2.41. The smallest absolute Gasteiger partial charge is 0.326 e. The first-order valence-electron chi connectivity index (χ1n) is 11.0. The number of nitrogens with zero attached hydrogens (tertiary/aromatic N) is 3. The molecule has 2 aromatic rings. The lowest BCUT2D eigenvalue weighted by Gasteiger charge is -2.38. The molecule has 9 nitrogen and oxygen atoms in total. The van der Waals surface area contributed by atoms with E-state index in [1.165, 1.54) is 4.90 Å². The molecule has 176 valence electrons. The fourth-order valence-corrected chi connectivity index (χ4v) is 4.12. The van der Waals surface area contributed by atoms with E-state index in [0.717, 1.165) is 5.56 Å². The summed E-state index contributed by atoms with van der Waals surface area (Å²) < 4.78 is 16.0. The van der Waals surface area contributed by atoms with Crippen LogP contribution >= 0.6 is 0 Å². The van der Waals surface area contributed by atoms with Crippen molar-refractivity contribution in [2.45, 2.75) is 13.0 Å². The van der Waals surface area contributed by atoms with Crippen LogP contribution in [0.3, 0.4) is 0 Å². The Kier molecular flexibility index (Phi) is 6.99. The molecule has 2 aliphatic heterocycles. The van der Waals surface area contributed by atoms with Gasteiger partial charge in [0.1, 0.15) is 17.6 Å². The lowest BCUT2D eigenvalue weighted by Crippen LogP contribution is -2.51. The van der Waals surface area contributed by atoms with Crippen LogP contribution in [0.1, 0.15) is 18.5 Å². The second-order valence-corrected chi connectivity index (χ2v) is 7.84. The number of amides is 3. The highest BCUT2D eigenvalue weighted by Gasteiger charge is 2.38. The van der Waals surface area contributed by atoms with E-state index in [-0.39, 0.29) is 18.5 Å². The van der Waals surface area contributed by atoms with Crippen molar-refractivity contribution in [3.63, 3.8) is 0 Å². The van der Waals surface area contributed by atoms with Crippen LogP contribution < -0.4 is 19.7 Å². The third kappa shape index (κ3) is 4.67. The fraction of sp³-hybridized carbons (Fsp3) is 0.320. The van der Waals surface area contributed by atoms with Crippen LogP contribution in [-0.4, -0.2) is 56.9 Å². The van der Waals surface area contributed by atoms with Crippen molar-refractivity contribution in [1.82, 2.24) is 10.2 Å². The van der Waals surface area contributed by atoms with Gasteiger partial charge in [0.2, 0.25) is 0 Å². The van der Waals surface area contributed by atoms with Gasteiger partial charge in [0.25, 0.3) is 5.91 Å². The van der Waals surface area contributed by atoms with Crippen LogP contribution in [0.25, 0.3) is 0 Å². The third-order valence-corrected chi connectivity index (χ3v) is 5.86. The van der Waals surface area contributed by atoms with Crippen LogP contribution in [0, 0.1) is 11.3 Å². The standard InChI is InChI=1S/C25H26N4O5/c1-17-22(24(30)28-12-15-33-16-13-28)23(18-3-7-21(8-4-18)34-14-11-26)27-25(31)29(17)19-5-9-20(32-2)10-6-19/h3-10,23H,12-16H2,1-2H3,(H,27,31)/t23-/m0/s1. The number of ether oxygens (including phenoxy) is 3. The Balaban J connectivity index is 1.74. The fourth-order valence-electron chi connectivity index (χ4n) is 4.12. The molecule has 0 saturated carbocycles. The van der Waals surface area contributed by atoms with Crippen molar-refractivity contribution in [3.05, 3.63) is 65.4 Å². The molecule has 0 aromatic heterocycles. The Labute approximate surface area is 198 Å². The number of anilines is 1. The van der Waals surface area contributed by atoms with Gasteiger partial charge >= 0.3 is 6.03 Å². The molecule has 1 fully saturated rings. The van der Waals surface area contributed by atoms with Gasteiger partial charge in [-0.1, -0.05) is 12.1 Å². The molecule has 1 saturated heterocycles. The molecule has 1 N–H and O–H groups in total. The number of benzene rings is 2. The van der Waals surface area contributed by atoms with Gasteiger partial charge in [-0.3, -0.25) is 9.69 Å². The van der Waals surface area contributed by atoms with Gasteiger partial charge in [0.15, 0.2) is 6.61 Å². The average molecular weight is 463 g/mol. The second-order valence-electron chi connectivity index (χ2n) is 7.84. The minimum atomic E-state index is -0.637. The summed E-state index contributed by atoms with van der Waals surface area (Å²) in [5.74, 6) is 1.06. The molecule has 1 atom stereocenters. The maximum absolute atomic E-state index is 13.7. The topological polar surface area (TPSA) is 104 Å². The number of nitriles is 1. The number of allylic oxidation sites excluding steroid dienone is 1. The molecule has 2 heterocycles. The molecule has 0 unspecified atom stereocenters. The van der Waals surface area contributed by atoms with Crippen LogP contribution in [0.5, 0.6) is 11.5 Å². The van der Waals surface area contributed by atoms with E-state index in [4.69, 9.17) is 19.5 Å². The van der Waals surface area contributed by atoms with E-state index in [1.807, 2.05) is 6.07 Å². The average Bonchev–Trinajstić information content (AvgIpc) is 2.88. The number of morpholine rings is 1. The minimum Gasteiger partial charge on any atom is -0.497 e. The molecule has 0 radical (unpaired) electrons. The van der Waals surface area contributed by atoms with Crippen LogP contribution in [0.15, 0.2) is 59.8 Å². The van der Waals surface area contributed by atoms with Crippen molar-refractivity contribution in [3.8, 4) is 17.6 Å². The van der Waals surface area contributed by atoms with Crippen LogP contribution in [0.4, 0.5) is 10.5 Å². The van der Waals surface area contributed by atoms with E-state index in [2.05, 4.69) is 5.32 Å². The van der Waals surface area contributed by atoms with E-state index < -0.39 is 6.04 Å². The second kappa shape index (κ2) is 10.3. The molecular weight excluding hydrogens is 436 g/mol. The largest absolute Gasteiger partial charge is 0.497 e. The van der Waals surface area contributed by atoms with Crippen molar-refractivity contribution in [1.29, 1.82) is 5.26 Å². The minimum absolute atomic E-state index is 0.0594. The molecule has 0 aliphatic carbocycles. The number of carbonyl (C=O) groups excluding carboxylic acids is 2. The van der Waals surface area contributed by atoms with Gasteiger partial charge in [0, 0.05) is 18.8 Å². The lowest BCUT2D eigenvalue weighted by molar-refractivity contribution is -0.131. The van der Waals surface area contributed by atoms with Crippen LogP contribution in [-0.2, 0) is 9.53 Å². The first-order valence-corrected chi connectivity index (χ1v) is 11.0. The van der Waals surface area contributed by atoms with Gasteiger partial charge in [-0.2, -0.15) is 5.26 Å². The summed E-state index contributed by atoms with van der Waals surface area (Å²) in [6.45, 7) is 3.65. The Bertz CT molecular complexity index is 1120. The first-order chi connectivity index (χ1) is 16.5. The Morgan fingerprint density at radius 1 is 1.12 bits per heavy atom. The first kappa shape index (κ1) is 23.1. The van der Waals surface area contributed by atoms with Crippen molar-refractivity contribution in [2.24, 2.45) is 0 Å². The van der Waals surface area contributed by atoms with Gasteiger partial charge in [-0.25, -0.2) is 4.79 Å². The zero-order valence-corrected chi connectivity index (χ0v) is 19.1. The number of methoxy groups -OCH3 is 1. The summed E-state index contributed by atoms with van der Waals surface area (Å²) in [5, 5.41) is 11.7. The van der Waals surface area contributed by atoms with Gasteiger partial charge in [-0.15, -0.1) is 0 Å². The SMILES string of the molecule is COc1ccc(N2C(=O)N[C@@H](c3ccc(OCC#N)cc3)C(C(=O)N3CCOCC3)=C2C)cc1. The maximum Gasteiger partial charge on any atom is 0.326 e. The summed E-state index contributed by atoms with van der Waals surface area (Å²) in [6, 6.07) is 15.1. The maximum atomic E-state index is 13.7. The predicted octanol–water partition coefficient (Wildman–Crippen LogP) is 3.00. The summed E-state index contributed by atoms with van der Waals surface area (Å²) in [6.07, 6.45) is 0. The van der Waals surface area contributed by atoms with E-state index in [0.29, 0.717) is 54.8 Å². The third-order valence-electron chi connectivity index (χ3n) is 5.86. The summed E-state index contributed by atoms with van der Waals surface area (Å²) in [7, 11) is 1.58. The lowest BCUT2D eigenvalue weighted by atomic mass is 9.93. The highest BCUT2D eigenvalue weighted by molar-refractivity contribution is 6.04. The molecular formula is C25H26N4O5. The Morgan fingerprint density at radius 3 is 2.38 bits per heavy atom. The van der Waals surface area contributed by atoms with E-state index in [1.54, 1.807) is 67.5 Å².